The number of hydrogen-bond donors (Lipinski definition) is 3. The first kappa shape index (κ1) is 18.6. The number of nitrogens with one attached hydrogen (secondary N) is 3. The molecular weight excluding hydrogens is 351 g/mol. The average Bonchev–Trinajstić information content (AvgIpc) is 2.60. The third-order valence-electron chi connectivity index (χ3n) is 2.99. The van der Waals surface area contributed by atoms with Crippen LogP contribution in [0.1, 0.15) is 10.4 Å². The summed E-state index contributed by atoms with van der Waals surface area (Å²) < 4.78 is 18.9. The number of nitrogens with zero attached hydrogens (tertiary/aromatic N) is 1. The van der Waals surface area contributed by atoms with Gasteiger partial charge >= 0.3 is 11.7 Å². The van der Waals surface area contributed by atoms with Gasteiger partial charge in [0.25, 0.3) is 17.4 Å². The standard InChI is InChI=1S/C15H13FN4O6/c16-10-4-2-1-3-9(10)14(24)19-18-12(22)8-26-13(23)7-20-6-5-11(21)17-15(20)25/h1-6H,7-8H2,(H,18,22)(H,19,24)(H,17,21,25). The molecule has 0 unspecified atom stereocenters. The van der Waals surface area contributed by atoms with E-state index in [1.165, 1.54) is 18.2 Å². The Labute approximate surface area is 144 Å². The lowest BCUT2D eigenvalue weighted by molar-refractivity contribution is -0.149. The number of aromatic amines is 1. The Morgan fingerprint density at radius 2 is 1.85 bits per heavy atom. The van der Waals surface area contributed by atoms with Crippen molar-refractivity contribution in [1.82, 2.24) is 20.4 Å². The second kappa shape index (κ2) is 8.37. The zero-order valence-corrected chi connectivity index (χ0v) is 13.2. The predicted molar refractivity (Wildman–Crippen MR) is 84.3 cm³/mol. The van der Waals surface area contributed by atoms with Gasteiger partial charge in [0.05, 0.1) is 5.56 Å². The van der Waals surface area contributed by atoms with Crippen molar-refractivity contribution in [3.8, 4) is 0 Å². The van der Waals surface area contributed by atoms with E-state index in [-0.39, 0.29) is 5.56 Å². The fraction of sp³-hybridized carbons (Fsp3) is 0.133. The highest BCUT2D eigenvalue weighted by Gasteiger charge is 2.13. The van der Waals surface area contributed by atoms with Gasteiger partial charge in [0.2, 0.25) is 0 Å². The maximum Gasteiger partial charge on any atom is 0.328 e. The Kier molecular flexibility index (Phi) is 5.98. The zero-order valence-electron chi connectivity index (χ0n) is 13.2. The number of ether oxygens (including phenoxy) is 1. The fourth-order valence-corrected chi connectivity index (χ4v) is 1.77. The van der Waals surface area contributed by atoms with Crippen LogP contribution in [0.4, 0.5) is 4.39 Å². The third-order valence-corrected chi connectivity index (χ3v) is 2.99. The summed E-state index contributed by atoms with van der Waals surface area (Å²) >= 11 is 0. The maximum atomic E-state index is 13.4. The predicted octanol–water partition coefficient (Wildman–Crippen LogP) is -1.32. The molecule has 0 atom stereocenters. The van der Waals surface area contributed by atoms with Crippen LogP contribution in [0, 0.1) is 5.82 Å². The molecule has 0 aliphatic carbocycles. The van der Waals surface area contributed by atoms with E-state index < -0.39 is 48.0 Å². The van der Waals surface area contributed by atoms with Crippen molar-refractivity contribution in [2.45, 2.75) is 6.54 Å². The second-order valence-electron chi connectivity index (χ2n) is 4.88. The Morgan fingerprint density at radius 3 is 2.54 bits per heavy atom. The van der Waals surface area contributed by atoms with Crippen molar-refractivity contribution < 1.29 is 23.5 Å². The molecule has 136 valence electrons. The smallest absolute Gasteiger partial charge is 0.328 e. The molecule has 0 radical (unpaired) electrons. The topological polar surface area (TPSA) is 139 Å². The number of rotatable bonds is 5. The minimum atomic E-state index is -0.922. The van der Waals surface area contributed by atoms with E-state index in [1.54, 1.807) is 0 Å². The van der Waals surface area contributed by atoms with Gasteiger partial charge in [-0.3, -0.25) is 39.6 Å². The second-order valence-corrected chi connectivity index (χ2v) is 4.88. The van der Waals surface area contributed by atoms with Crippen LogP contribution in [0.25, 0.3) is 0 Å². The summed E-state index contributed by atoms with van der Waals surface area (Å²) in [5, 5.41) is 0. The van der Waals surface area contributed by atoms with Gasteiger partial charge in [0.1, 0.15) is 12.4 Å². The van der Waals surface area contributed by atoms with Gasteiger partial charge in [-0.05, 0) is 12.1 Å². The van der Waals surface area contributed by atoms with Crippen LogP contribution in [-0.4, -0.2) is 33.9 Å². The van der Waals surface area contributed by atoms with Gasteiger partial charge < -0.3 is 4.74 Å². The number of benzene rings is 1. The van der Waals surface area contributed by atoms with Crippen molar-refractivity contribution in [1.29, 1.82) is 0 Å². The van der Waals surface area contributed by atoms with Crippen molar-refractivity contribution in [2.75, 3.05) is 6.61 Å². The number of esters is 1. The molecular formula is C15H13FN4O6. The zero-order chi connectivity index (χ0) is 19.1. The minimum Gasteiger partial charge on any atom is -0.454 e. The van der Waals surface area contributed by atoms with Crippen molar-refractivity contribution in [3.05, 3.63) is 68.7 Å². The molecule has 0 aliphatic rings. The molecule has 3 N–H and O–H groups in total. The number of H-pyrrole nitrogens is 1. The largest absolute Gasteiger partial charge is 0.454 e. The van der Waals surface area contributed by atoms with E-state index in [4.69, 9.17) is 0 Å². The SMILES string of the molecule is O=C(COC(=O)Cn1ccc(=O)[nH]c1=O)NNC(=O)c1ccccc1F. The first-order valence-electron chi connectivity index (χ1n) is 7.16. The maximum absolute atomic E-state index is 13.4. The number of halogens is 1. The molecule has 2 aromatic rings. The van der Waals surface area contributed by atoms with Crippen LogP contribution < -0.4 is 22.1 Å². The highest BCUT2D eigenvalue weighted by molar-refractivity contribution is 5.95. The molecule has 0 bridgehead atoms. The van der Waals surface area contributed by atoms with Crippen LogP contribution in [-0.2, 0) is 20.9 Å². The van der Waals surface area contributed by atoms with Crippen LogP contribution in [0.3, 0.4) is 0 Å². The van der Waals surface area contributed by atoms with Crippen molar-refractivity contribution in [2.24, 2.45) is 0 Å². The van der Waals surface area contributed by atoms with Crippen molar-refractivity contribution >= 4 is 17.8 Å². The number of hydrogen-bond acceptors (Lipinski definition) is 6. The van der Waals surface area contributed by atoms with Gasteiger partial charge in [-0.2, -0.15) is 0 Å². The van der Waals surface area contributed by atoms with E-state index >= 15 is 0 Å². The third kappa shape index (κ3) is 5.12. The highest BCUT2D eigenvalue weighted by atomic mass is 19.1. The number of carbonyl (C=O) groups is 3. The van der Waals surface area contributed by atoms with E-state index in [0.717, 1.165) is 22.9 Å². The first-order valence-corrected chi connectivity index (χ1v) is 7.16. The quantitative estimate of drug-likeness (QED) is 0.444. The Bertz CT molecular complexity index is 951. The molecule has 26 heavy (non-hydrogen) atoms. The van der Waals surface area contributed by atoms with Crippen LogP contribution in [0.2, 0.25) is 0 Å². The summed E-state index contributed by atoms with van der Waals surface area (Å²) in [7, 11) is 0. The van der Waals surface area contributed by atoms with Crippen LogP contribution >= 0.6 is 0 Å². The van der Waals surface area contributed by atoms with E-state index in [2.05, 4.69) is 4.74 Å². The van der Waals surface area contributed by atoms with E-state index in [1.807, 2.05) is 15.8 Å². The molecule has 0 saturated heterocycles. The number of hydrazine groups is 1. The number of carbonyl (C=O) groups excluding carboxylic acids is 3. The van der Waals surface area contributed by atoms with Crippen LogP contribution in [0.5, 0.6) is 0 Å². The molecule has 10 nitrogen and oxygen atoms in total. The van der Waals surface area contributed by atoms with Gasteiger partial charge in [-0.15, -0.1) is 0 Å². The minimum absolute atomic E-state index is 0.276. The normalized spacial score (nSPS) is 10.0. The van der Waals surface area contributed by atoms with Gasteiger partial charge in [-0.25, -0.2) is 9.18 Å². The molecule has 11 heteroatoms. The summed E-state index contributed by atoms with van der Waals surface area (Å²) in [6.07, 6.45) is 1.09. The lowest BCUT2D eigenvalue weighted by atomic mass is 10.2. The molecule has 2 rings (SSSR count). The average molecular weight is 364 g/mol. The fourth-order valence-electron chi connectivity index (χ4n) is 1.77. The number of aromatic nitrogens is 2. The molecule has 1 aromatic heterocycles. The molecule has 1 aromatic carbocycles. The van der Waals surface area contributed by atoms with E-state index in [0.29, 0.717) is 0 Å². The van der Waals surface area contributed by atoms with E-state index in [9.17, 15) is 28.4 Å². The summed E-state index contributed by atoms with van der Waals surface area (Å²) in [5.41, 5.74) is 2.21. The van der Waals surface area contributed by atoms with Crippen LogP contribution in [0.15, 0.2) is 46.1 Å². The highest BCUT2D eigenvalue weighted by Crippen LogP contribution is 2.05. The molecule has 0 aliphatic heterocycles. The molecule has 0 fully saturated rings. The summed E-state index contributed by atoms with van der Waals surface area (Å²) in [6, 6.07) is 6.19. The Hall–Kier alpha value is -3.76. The van der Waals surface area contributed by atoms with Gasteiger partial charge in [0.15, 0.2) is 6.61 Å². The number of amides is 2. The summed E-state index contributed by atoms with van der Waals surface area (Å²) in [6.45, 7) is -1.26. The molecule has 2 amide bonds. The summed E-state index contributed by atoms with van der Waals surface area (Å²) in [5.74, 6) is -3.45. The van der Waals surface area contributed by atoms with Gasteiger partial charge in [0, 0.05) is 12.3 Å². The first-order chi connectivity index (χ1) is 12.4. The summed E-state index contributed by atoms with van der Waals surface area (Å²) in [4.78, 5) is 59.0. The lowest BCUT2D eigenvalue weighted by Crippen LogP contribution is -2.44. The molecule has 0 saturated carbocycles. The Morgan fingerprint density at radius 1 is 1.12 bits per heavy atom. The Balaban J connectivity index is 1.78. The monoisotopic (exact) mass is 364 g/mol. The molecule has 0 spiro atoms. The lowest BCUT2D eigenvalue weighted by Gasteiger charge is -2.09. The van der Waals surface area contributed by atoms with Gasteiger partial charge in [-0.1, -0.05) is 12.1 Å². The van der Waals surface area contributed by atoms with Crippen molar-refractivity contribution in [3.63, 3.8) is 0 Å². The molecule has 1 heterocycles.